The third-order valence-electron chi connectivity index (χ3n) is 3.18. The van der Waals surface area contributed by atoms with Crippen LogP contribution in [-0.4, -0.2) is 33.0 Å². The first-order valence-corrected chi connectivity index (χ1v) is 7.97. The van der Waals surface area contributed by atoms with Crippen molar-refractivity contribution in [3.05, 3.63) is 30.6 Å². The van der Waals surface area contributed by atoms with Crippen molar-refractivity contribution in [1.82, 2.24) is 14.8 Å². The van der Waals surface area contributed by atoms with Gasteiger partial charge in [-0.1, -0.05) is 11.8 Å². The summed E-state index contributed by atoms with van der Waals surface area (Å²) in [5.74, 6) is 0.0357. The summed E-state index contributed by atoms with van der Waals surface area (Å²) in [4.78, 5) is 11.9. The number of alkyl halides is 2. The SMILES string of the molecule is O=C(CSc1nncn1C1CC1)Nc1ccc(OC(F)F)cc1. The van der Waals surface area contributed by atoms with Crippen LogP contribution in [-0.2, 0) is 4.79 Å². The van der Waals surface area contributed by atoms with Crippen LogP contribution in [0.25, 0.3) is 0 Å². The highest BCUT2D eigenvalue weighted by Crippen LogP contribution is 2.37. The molecule has 1 amide bonds. The normalized spacial score (nSPS) is 14.0. The summed E-state index contributed by atoms with van der Waals surface area (Å²) in [5.41, 5.74) is 0.515. The monoisotopic (exact) mass is 340 g/mol. The van der Waals surface area contributed by atoms with E-state index in [9.17, 15) is 13.6 Å². The molecule has 1 N–H and O–H groups in total. The molecule has 1 fully saturated rings. The van der Waals surface area contributed by atoms with Gasteiger partial charge >= 0.3 is 6.61 Å². The van der Waals surface area contributed by atoms with E-state index < -0.39 is 6.61 Å². The van der Waals surface area contributed by atoms with Crippen LogP contribution in [0.1, 0.15) is 18.9 Å². The van der Waals surface area contributed by atoms with Gasteiger partial charge < -0.3 is 14.6 Å². The Hall–Kier alpha value is -2.16. The molecule has 122 valence electrons. The summed E-state index contributed by atoms with van der Waals surface area (Å²) in [6, 6.07) is 6.22. The van der Waals surface area contributed by atoms with Gasteiger partial charge in [0.25, 0.3) is 0 Å². The minimum absolute atomic E-state index is 0.0462. The van der Waals surface area contributed by atoms with Crippen LogP contribution in [0.15, 0.2) is 35.7 Å². The number of carbonyl (C=O) groups excluding carboxylic acids is 1. The van der Waals surface area contributed by atoms with Crippen LogP contribution in [0, 0.1) is 0 Å². The molecule has 0 bridgehead atoms. The van der Waals surface area contributed by atoms with E-state index in [1.165, 1.54) is 36.0 Å². The van der Waals surface area contributed by atoms with Crippen LogP contribution >= 0.6 is 11.8 Å². The lowest BCUT2D eigenvalue weighted by atomic mass is 10.3. The maximum atomic E-state index is 12.1. The number of rotatable bonds is 7. The highest BCUT2D eigenvalue weighted by molar-refractivity contribution is 7.99. The maximum absolute atomic E-state index is 12.1. The zero-order valence-corrected chi connectivity index (χ0v) is 12.8. The van der Waals surface area contributed by atoms with Crippen LogP contribution < -0.4 is 10.1 Å². The Labute approximate surface area is 135 Å². The minimum Gasteiger partial charge on any atom is -0.435 e. The Bertz CT molecular complexity index is 674. The molecule has 23 heavy (non-hydrogen) atoms. The van der Waals surface area contributed by atoms with Gasteiger partial charge in [-0.15, -0.1) is 10.2 Å². The van der Waals surface area contributed by atoms with Gasteiger partial charge in [0.05, 0.1) is 5.75 Å². The van der Waals surface area contributed by atoms with E-state index in [1.807, 2.05) is 4.57 Å². The molecule has 3 rings (SSSR count). The summed E-state index contributed by atoms with van der Waals surface area (Å²) in [6.07, 6.45) is 3.91. The first kappa shape index (κ1) is 15.7. The summed E-state index contributed by atoms with van der Waals surface area (Å²) < 4.78 is 30.3. The largest absolute Gasteiger partial charge is 0.435 e. The van der Waals surface area contributed by atoms with Gasteiger partial charge in [0.2, 0.25) is 5.91 Å². The van der Waals surface area contributed by atoms with Crippen molar-refractivity contribution >= 4 is 23.4 Å². The van der Waals surface area contributed by atoms with E-state index in [1.54, 1.807) is 6.33 Å². The molecule has 2 aromatic rings. The molecule has 0 spiro atoms. The average Bonchev–Trinajstić information content (AvgIpc) is 3.25. The van der Waals surface area contributed by atoms with Crippen LogP contribution in [0.5, 0.6) is 5.75 Å². The van der Waals surface area contributed by atoms with E-state index in [0.29, 0.717) is 11.7 Å². The first-order valence-electron chi connectivity index (χ1n) is 6.99. The molecular weight excluding hydrogens is 326 g/mol. The molecule has 1 heterocycles. The summed E-state index contributed by atoms with van der Waals surface area (Å²) >= 11 is 1.31. The van der Waals surface area contributed by atoms with Gasteiger partial charge in [0.15, 0.2) is 5.16 Å². The van der Waals surface area contributed by atoms with E-state index in [4.69, 9.17) is 0 Å². The number of carbonyl (C=O) groups is 1. The van der Waals surface area contributed by atoms with Gasteiger partial charge in [0, 0.05) is 11.7 Å². The molecule has 0 radical (unpaired) electrons. The molecule has 0 atom stereocenters. The molecule has 0 aliphatic heterocycles. The second-order valence-corrected chi connectivity index (χ2v) is 5.93. The number of thioether (sulfide) groups is 1. The molecule has 0 saturated heterocycles. The number of benzene rings is 1. The first-order chi connectivity index (χ1) is 11.1. The number of nitrogens with zero attached hydrogens (tertiary/aromatic N) is 3. The molecule has 9 heteroatoms. The molecule has 1 aromatic heterocycles. The van der Waals surface area contributed by atoms with Crippen molar-refractivity contribution in [1.29, 1.82) is 0 Å². The third-order valence-corrected chi connectivity index (χ3v) is 4.13. The number of ether oxygens (including phenoxy) is 1. The van der Waals surface area contributed by atoms with Crippen LogP contribution in [0.4, 0.5) is 14.5 Å². The van der Waals surface area contributed by atoms with Gasteiger partial charge in [-0.05, 0) is 37.1 Å². The zero-order valence-electron chi connectivity index (χ0n) is 12.0. The molecule has 0 unspecified atom stereocenters. The zero-order chi connectivity index (χ0) is 16.2. The maximum Gasteiger partial charge on any atom is 0.387 e. The van der Waals surface area contributed by atoms with Crippen molar-refractivity contribution < 1.29 is 18.3 Å². The van der Waals surface area contributed by atoms with Gasteiger partial charge in [-0.3, -0.25) is 4.79 Å². The molecular formula is C14H14F2N4O2S. The smallest absolute Gasteiger partial charge is 0.387 e. The Morgan fingerprint density at radius 3 is 2.78 bits per heavy atom. The van der Waals surface area contributed by atoms with Crippen LogP contribution in [0.3, 0.4) is 0 Å². The topological polar surface area (TPSA) is 69.0 Å². The molecule has 1 aliphatic carbocycles. The lowest BCUT2D eigenvalue weighted by Crippen LogP contribution is -2.14. The number of hydrogen-bond acceptors (Lipinski definition) is 5. The number of hydrogen-bond donors (Lipinski definition) is 1. The van der Waals surface area contributed by atoms with Crippen molar-refractivity contribution in [2.24, 2.45) is 0 Å². The summed E-state index contributed by atoms with van der Waals surface area (Å²) in [7, 11) is 0. The average molecular weight is 340 g/mol. The lowest BCUT2D eigenvalue weighted by Gasteiger charge is -2.07. The molecule has 1 saturated carbocycles. The van der Waals surface area contributed by atoms with Crippen molar-refractivity contribution in [3.63, 3.8) is 0 Å². The van der Waals surface area contributed by atoms with E-state index in [-0.39, 0.29) is 17.4 Å². The minimum atomic E-state index is -2.87. The lowest BCUT2D eigenvalue weighted by molar-refractivity contribution is -0.113. The molecule has 1 aromatic carbocycles. The predicted molar refractivity (Wildman–Crippen MR) is 80.7 cm³/mol. The van der Waals surface area contributed by atoms with E-state index in [2.05, 4.69) is 20.3 Å². The molecule has 6 nitrogen and oxygen atoms in total. The van der Waals surface area contributed by atoms with Crippen molar-refractivity contribution in [2.75, 3.05) is 11.1 Å². The third kappa shape index (κ3) is 4.41. The second kappa shape index (κ2) is 6.95. The molecule has 1 aliphatic rings. The standard InChI is InChI=1S/C14H14F2N4O2S/c15-13(16)22-11-5-1-9(2-6-11)18-12(21)7-23-14-19-17-8-20(14)10-3-4-10/h1-2,5-6,8,10,13H,3-4,7H2,(H,18,21). The Morgan fingerprint density at radius 2 is 2.13 bits per heavy atom. The fraction of sp³-hybridized carbons (Fsp3) is 0.357. The Kier molecular flexibility index (Phi) is 4.75. The van der Waals surface area contributed by atoms with Crippen molar-refractivity contribution in [3.8, 4) is 5.75 Å². The number of amides is 1. The van der Waals surface area contributed by atoms with Gasteiger partial charge in [0.1, 0.15) is 12.1 Å². The van der Waals surface area contributed by atoms with Gasteiger partial charge in [-0.2, -0.15) is 8.78 Å². The number of nitrogens with one attached hydrogen (secondary N) is 1. The summed E-state index contributed by atoms with van der Waals surface area (Å²) in [5, 5.41) is 11.3. The Morgan fingerprint density at radius 1 is 1.39 bits per heavy atom. The highest BCUT2D eigenvalue weighted by atomic mass is 32.2. The second-order valence-electron chi connectivity index (χ2n) is 4.99. The number of halogens is 2. The highest BCUT2D eigenvalue weighted by Gasteiger charge is 2.26. The fourth-order valence-corrected chi connectivity index (χ4v) is 2.77. The summed E-state index contributed by atoms with van der Waals surface area (Å²) in [6.45, 7) is -2.87. The quantitative estimate of drug-likeness (QED) is 0.785. The van der Waals surface area contributed by atoms with Crippen LogP contribution in [0.2, 0.25) is 0 Å². The van der Waals surface area contributed by atoms with Crippen molar-refractivity contribution in [2.45, 2.75) is 30.7 Å². The number of aromatic nitrogens is 3. The number of anilines is 1. The van der Waals surface area contributed by atoms with Gasteiger partial charge in [-0.25, -0.2) is 0 Å². The predicted octanol–water partition coefficient (Wildman–Crippen LogP) is 2.95. The Balaban J connectivity index is 1.50. The van der Waals surface area contributed by atoms with E-state index >= 15 is 0 Å². The fourth-order valence-electron chi connectivity index (χ4n) is 1.99. The van der Waals surface area contributed by atoms with E-state index in [0.717, 1.165) is 18.0 Å².